The normalized spacial score (nSPS) is 26.7. The Hall–Kier alpha value is -1.46. The minimum atomic E-state index is -1.03. The number of nitrogens with zero attached hydrogens (tertiary/aromatic N) is 1. The molecule has 0 saturated carbocycles. The second kappa shape index (κ2) is 6.54. The van der Waals surface area contributed by atoms with Gasteiger partial charge in [-0.05, 0) is 37.1 Å². The highest BCUT2D eigenvalue weighted by atomic mass is 19.1. The van der Waals surface area contributed by atoms with E-state index in [1.54, 1.807) is 6.07 Å². The van der Waals surface area contributed by atoms with E-state index in [0.29, 0.717) is 32.5 Å². The highest BCUT2D eigenvalue weighted by molar-refractivity contribution is 5.75. The summed E-state index contributed by atoms with van der Waals surface area (Å²) in [6.07, 6.45) is 0.745. The molecular weight excluding hydrogens is 273 g/mol. The molecule has 4 nitrogen and oxygen atoms in total. The maximum absolute atomic E-state index is 13.2. The molecule has 1 aromatic rings. The monoisotopic (exact) mass is 295 g/mol. The van der Waals surface area contributed by atoms with E-state index >= 15 is 0 Å². The Kier molecular flexibility index (Phi) is 4.96. The van der Waals surface area contributed by atoms with E-state index in [2.05, 4.69) is 0 Å². The molecule has 0 radical (unpaired) electrons. The number of rotatable bonds is 5. The molecule has 0 spiro atoms. The van der Waals surface area contributed by atoms with Gasteiger partial charge in [-0.2, -0.15) is 0 Å². The predicted molar refractivity (Wildman–Crippen MR) is 77.3 cm³/mol. The Morgan fingerprint density at radius 3 is 2.86 bits per heavy atom. The number of hydrogen-bond donors (Lipinski definition) is 2. The van der Waals surface area contributed by atoms with Crippen LogP contribution in [0, 0.1) is 11.2 Å². The highest BCUT2D eigenvalue weighted by Gasteiger charge is 2.47. The van der Waals surface area contributed by atoms with Crippen LogP contribution in [-0.2, 0) is 11.3 Å². The first-order valence-corrected chi connectivity index (χ1v) is 7.36. The van der Waals surface area contributed by atoms with Gasteiger partial charge < -0.3 is 10.2 Å². The van der Waals surface area contributed by atoms with Crippen LogP contribution in [0.4, 0.5) is 4.39 Å². The Balaban J connectivity index is 2.04. The molecule has 0 aromatic heterocycles. The topological polar surface area (TPSA) is 60.8 Å². The van der Waals surface area contributed by atoms with Gasteiger partial charge in [-0.25, -0.2) is 4.39 Å². The van der Waals surface area contributed by atoms with Crippen molar-refractivity contribution in [2.24, 2.45) is 5.41 Å². The van der Waals surface area contributed by atoms with Crippen LogP contribution in [0.25, 0.3) is 0 Å². The molecule has 2 rings (SSSR count). The van der Waals surface area contributed by atoms with Gasteiger partial charge in [0.05, 0.1) is 11.5 Å². The van der Waals surface area contributed by atoms with Crippen molar-refractivity contribution in [3.8, 4) is 0 Å². The van der Waals surface area contributed by atoms with Crippen LogP contribution in [0.3, 0.4) is 0 Å². The number of carbonyl (C=O) groups is 1. The van der Waals surface area contributed by atoms with Crippen LogP contribution >= 0.6 is 0 Å². The van der Waals surface area contributed by atoms with Crippen molar-refractivity contribution < 1.29 is 19.4 Å². The summed E-state index contributed by atoms with van der Waals surface area (Å²) >= 11 is 0. The van der Waals surface area contributed by atoms with Crippen LogP contribution in [0.2, 0.25) is 0 Å². The standard InChI is InChI=1S/C16H22FNO3/c1-2-6-16(15(20)21)7-8-18(11-14(16)19)10-12-4-3-5-13(17)9-12/h3-5,9,14,19H,2,6-8,10-11H2,1H3,(H,20,21)/t14-,16-/m0/s1. The number of halogens is 1. The molecular formula is C16H22FNO3. The largest absolute Gasteiger partial charge is 0.481 e. The molecule has 1 aliphatic rings. The summed E-state index contributed by atoms with van der Waals surface area (Å²) < 4.78 is 13.2. The zero-order valence-corrected chi connectivity index (χ0v) is 12.3. The summed E-state index contributed by atoms with van der Waals surface area (Å²) in [4.78, 5) is 13.5. The second-order valence-corrected chi connectivity index (χ2v) is 5.84. The number of benzene rings is 1. The molecule has 1 fully saturated rings. The fraction of sp³-hybridized carbons (Fsp3) is 0.562. The van der Waals surface area contributed by atoms with Crippen molar-refractivity contribution in [2.45, 2.75) is 38.8 Å². The van der Waals surface area contributed by atoms with Gasteiger partial charge in [-0.1, -0.05) is 25.5 Å². The number of likely N-dealkylation sites (tertiary alicyclic amines) is 1. The van der Waals surface area contributed by atoms with Crippen LogP contribution in [0.1, 0.15) is 31.7 Å². The minimum Gasteiger partial charge on any atom is -0.481 e. The molecule has 0 bridgehead atoms. The SMILES string of the molecule is CCC[C@]1(C(=O)O)CCN(Cc2cccc(F)c2)C[C@@H]1O. The summed E-state index contributed by atoms with van der Waals surface area (Å²) in [5, 5.41) is 19.8. The third kappa shape index (κ3) is 3.41. The third-order valence-corrected chi connectivity index (χ3v) is 4.36. The van der Waals surface area contributed by atoms with Crippen LogP contribution in [0.15, 0.2) is 24.3 Å². The van der Waals surface area contributed by atoms with Crippen molar-refractivity contribution in [1.29, 1.82) is 0 Å². The summed E-state index contributed by atoms with van der Waals surface area (Å²) in [6.45, 7) is 3.36. The predicted octanol–water partition coefficient (Wildman–Crippen LogP) is 2.26. The van der Waals surface area contributed by atoms with Gasteiger partial charge in [-0.3, -0.25) is 9.69 Å². The van der Waals surface area contributed by atoms with Crippen LogP contribution in [-0.4, -0.2) is 40.3 Å². The molecule has 0 amide bonds. The zero-order valence-electron chi connectivity index (χ0n) is 12.3. The molecule has 1 aliphatic heterocycles. The lowest BCUT2D eigenvalue weighted by molar-refractivity contribution is -0.164. The maximum atomic E-state index is 13.2. The lowest BCUT2D eigenvalue weighted by atomic mass is 9.73. The van der Waals surface area contributed by atoms with Crippen LogP contribution < -0.4 is 0 Å². The molecule has 1 heterocycles. The first kappa shape index (κ1) is 15.9. The number of hydrogen-bond acceptors (Lipinski definition) is 3. The van der Waals surface area contributed by atoms with Crippen molar-refractivity contribution in [1.82, 2.24) is 4.90 Å². The zero-order chi connectivity index (χ0) is 15.5. The number of piperidine rings is 1. The first-order chi connectivity index (χ1) is 9.98. The second-order valence-electron chi connectivity index (χ2n) is 5.84. The smallest absolute Gasteiger partial charge is 0.312 e. The fourth-order valence-corrected chi connectivity index (χ4v) is 3.17. The molecule has 5 heteroatoms. The lowest BCUT2D eigenvalue weighted by Gasteiger charge is -2.42. The number of β-amino-alcohol motifs (C(OH)–C–C–N with tert-alkyl or cyclic N) is 1. The summed E-state index contributed by atoms with van der Waals surface area (Å²) in [7, 11) is 0. The Morgan fingerprint density at radius 2 is 2.29 bits per heavy atom. The number of aliphatic hydroxyl groups excluding tert-OH is 1. The molecule has 2 atom stereocenters. The van der Waals surface area contributed by atoms with Gasteiger partial charge in [0.25, 0.3) is 0 Å². The van der Waals surface area contributed by atoms with Gasteiger partial charge in [0, 0.05) is 13.1 Å². The Labute approximate surface area is 124 Å². The molecule has 1 aromatic carbocycles. The summed E-state index contributed by atoms with van der Waals surface area (Å²) in [5.41, 5.74) is -0.201. The van der Waals surface area contributed by atoms with E-state index in [1.807, 2.05) is 17.9 Å². The van der Waals surface area contributed by atoms with E-state index in [0.717, 1.165) is 12.0 Å². The van der Waals surface area contributed by atoms with Crippen LogP contribution in [0.5, 0.6) is 0 Å². The first-order valence-electron chi connectivity index (χ1n) is 7.36. The van der Waals surface area contributed by atoms with E-state index in [1.165, 1.54) is 12.1 Å². The molecule has 1 saturated heterocycles. The Bertz CT molecular complexity index is 508. The van der Waals surface area contributed by atoms with E-state index in [-0.39, 0.29) is 5.82 Å². The molecule has 2 N–H and O–H groups in total. The highest BCUT2D eigenvalue weighted by Crippen LogP contribution is 2.37. The van der Waals surface area contributed by atoms with Crippen molar-refractivity contribution in [3.05, 3.63) is 35.6 Å². The van der Waals surface area contributed by atoms with Crippen molar-refractivity contribution in [2.75, 3.05) is 13.1 Å². The molecule has 116 valence electrons. The average molecular weight is 295 g/mol. The summed E-state index contributed by atoms with van der Waals surface area (Å²) in [5.74, 6) is -1.20. The molecule has 0 aliphatic carbocycles. The summed E-state index contributed by atoms with van der Waals surface area (Å²) in [6, 6.07) is 6.35. The van der Waals surface area contributed by atoms with E-state index < -0.39 is 17.5 Å². The number of carboxylic acid groups (broad SMARTS) is 1. The quantitative estimate of drug-likeness (QED) is 0.875. The fourth-order valence-electron chi connectivity index (χ4n) is 3.17. The van der Waals surface area contributed by atoms with Crippen molar-refractivity contribution >= 4 is 5.97 Å². The van der Waals surface area contributed by atoms with E-state index in [9.17, 15) is 19.4 Å². The van der Waals surface area contributed by atoms with E-state index in [4.69, 9.17) is 0 Å². The number of carboxylic acids is 1. The molecule has 21 heavy (non-hydrogen) atoms. The van der Waals surface area contributed by atoms with Crippen molar-refractivity contribution in [3.63, 3.8) is 0 Å². The third-order valence-electron chi connectivity index (χ3n) is 4.36. The van der Waals surface area contributed by atoms with Gasteiger partial charge in [0.15, 0.2) is 0 Å². The number of aliphatic carboxylic acids is 1. The molecule has 0 unspecified atom stereocenters. The maximum Gasteiger partial charge on any atom is 0.312 e. The van der Waals surface area contributed by atoms with Gasteiger partial charge in [-0.15, -0.1) is 0 Å². The minimum absolute atomic E-state index is 0.282. The Morgan fingerprint density at radius 1 is 1.52 bits per heavy atom. The van der Waals surface area contributed by atoms with Gasteiger partial charge in [0.1, 0.15) is 5.82 Å². The number of aliphatic hydroxyl groups is 1. The van der Waals surface area contributed by atoms with Gasteiger partial charge in [0.2, 0.25) is 0 Å². The van der Waals surface area contributed by atoms with Gasteiger partial charge >= 0.3 is 5.97 Å². The average Bonchev–Trinajstić information content (AvgIpc) is 2.42. The lowest BCUT2D eigenvalue weighted by Crippen LogP contribution is -2.54.